The highest BCUT2D eigenvalue weighted by molar-refractivity contribution is 5.76. The topological polar surface area (TPSA) is 42.0 Å². The number of rotatable bonds is 7. The van der Waals surface area contributed by atoms with Gasteiger partial charge in [-0.15, -0.1) is 0 Å². The van der Waals surface area contributed by atoms with Crippen LogP contribution in [0.5, 0.6) is 11.5 Å². The van der Waals surface area contributed by atoms with E-state index in [1.165, 1.54) is 0 Å². The third-order valence-electron chi connectivity index (χ3n) is 3.66. The average molecular weight is 292 g/mol. The number of likely N-dealkylation sites (N-methyl/N-ethyl adjacent to an activating group) is 1. The number of hydrogen-bond acceptors (Lipinski definition) is 5. The summed E-state index contributed by atoms with van der Waals surface area (Å²) in [7, 11) is 2.15. The number of carbonyl (C=O) groups excluding carboxylic acids is 1. The van der Waals surface area contributed by atoms with Gasteiger partial charge in [-0.2, -0.15) is 0 Å². The van der Waals surface area contributed by atoms with E-state index < -0.39 is 0 Å². The molecule has 0 atom stereocenters. The van der Waals surface area contributed by atoms with Gasteiger partial charge >= 0.3 is 0 Å². The molecular weight excluding hydrogens is 268 g/mol. The second-order valence-electron chi connectivity index (χ2n) is 5.25. The van der Waals surface area contributed by atoms with E-state index in [4.69, 9.17) is 9.47 Å². The number of benzene rings is 1. The molecule has 1 aliphatic rings. The fraction of sp³-hybridized carbons (Fsp3) is 0.562. The fourth-order valence-corrected chi connectivity index (χ4v) is 2.34. The summed E-state index contributed by atoms with van der Waals surface area (Å²) in [6.07, 6.45) is 0.816. The first-order chi connectivity index (χ1) is 10.2. The summed E-state index contributed by atoms with van der Waals surface area (Å²) in [6, 6.07) is 5.28. The maximum atomic E-state index is 10.8. The number of nitrogens with zero attached hydrogens (tertiary/aromatic N) is 2. The van der Waals surface area contributed by atoms with Gasteiger partial charge < -0.3 is 14.4 Å². The molecule has 116 valence electrons. The van der Waals surface area contributed by atoms with Crippen LogP contribution in [0.4, 0.5) is 0 Å². The zero-order valence-electron chi connectivity index (χ0n) is 12.9. The van der Waals surface area contributed by atoms with Gasteiger partial charge in [0.2, 0.25) is 0 Å². The van der Waals surface area contributed by atoms with E-state index in [2.05, 4.69) is 16.8 Å². The third-order valence-corrected chi connectivity index (χ3v) is 3.66. The molecule has 0 bridgehead atoms. The lowest BCUT2D eigenvalue weighted by Gasteiger charge is -2.32. The predicted octanol–water partition coefficient (Wildman–Crippen LogP) is 1.52. The van der Waals surface area contributed by atoms with Crippen molar-refractivity contribution in [1.29, 1.82) is 0 Å². The summed E-state index contributed by atoms with van der Waals surface area (Å²) in [6.45, 7) is 8.40. The largest absolute Gasteiger partial charge is 0.490 e. The van der Waals surface area contributed by atoms with Crippen molar-refractivity contribution in [1.82, 2.24) is 9.80 Å². The number of carbonyl (C=O) groups is 1. The maximum absolute atomic E-state index is 10.8. The first-order valence-corrected chi connectivity index (χ1v) is 7.48. The van der Waals surface area contributed by atoms with Crippen LogP contribution in [0.1, 0.15) is 17.3 Å². The molecule has 1 aliphatic heterocycles. The lowest BCUT2D eigenvalue weighted by molar-refractivity contribution is 0.112. The maximum Gasteiger partial charge on any atom is 0.161 e. The summed E-state index contributed by atoms with van der Waals surface area (Å²) in [4.78, 5) is 15.6. The molecule has 1 saturated heterocycles. The highest BCUT2D eigenvalue weighted by Gasteiger charge is 2.14. The first-order valence-electron chi connectivity index (χ1n) is 7.48. The molecule has 2 rings (SSSR count). The minimum atomic E-state index is 0.553. The SMILES string of the molecule is CCOc1cc(C=O)ccc1OCCN1CCN(C)CC1. The summed E-state index contributed by atoms with van der Waals surface area (Å²) < 4.78 is 11.4. The highest BCUT2D eigenvalue weighted by Crippen LogP contribution is 2.28. The van der Waals surface area contributed by atoms with Crippen LogP contribution in [0.3, 0.4) is 0 Å². The molecule has 0 spiro atoms. The quantitative estimate of drug-likeness (QED) is 0.713. The van der Waals surface area contributed by atoms with Gasteiger partial charge in [0.25, 0.3) is 0 Å². The molecular formula is C16H24N2O3. The van der Waals surface area contributed by atoms with Crippen molar-refractivity contribution < 1.29 is 14.3 Å². The zero-order valence-corrected chi connectivity index (χ0v) is 12.9. The van der Waals surface area contributed by atoms with Gasteiger partial charge in [0.1, 0.15) is 12.9 Å². The molecule has 1 heterocycles. The number of aldehydes is 1. The molecule has 1 aromatic rings. The van der Waals surface area contributed by atoms with Gasteiger partial charge in [-0.1, -0.05) is 0 Å². The van der Waals surface area contributed by atoms with Crippen molar-refractivity contribution in [3.05, 3.63) is 23.8 Å². The van der Waals surface area contributed by atoms with Crippen LogP contribution in [0, 0.1) is 0 Å². The van der Waals surface area contributed by atoms with Gasteiger partial charge in [0.05, 0.1) is 6.61 Å². The van der Waals surface area contributed by atoms with E-state index in [9.17, 15) is 4.79 Å². The molecule has 0 saturated carbocycles. The number of piperazine rings is 1. The van der Waals surface area contributed by atoms with E-state index in [1.807, 2.05) is 6.92 Å². The monoisotopic (exact) mass is 292 g/mol. The lowest BCUT2D eigenvalue weighted by Crippen LogP contribution is -2.45. The van der Waals surface area contributed by atoms with Crippen molar-refractivity contribution >= 4 is 6.29 Å². The molecule has 0 amide bonds. The standard InChI is InChI=1S/C16H24N2O3/c1-3-20-16-12-14(13-19)4-5-15(16)21-11-10-18-8-6-17(2)7-9-18/h4-5,12-13H,3,6-11H2,1-2H3. The van der Waals surface area contributed by atoms with Crippen LogP contribution in [0.15, 0.2) is 18.2 Å². The molecule has 0 N–H and O–H groups in total. The fourth-order valence-electron chi connectivity index (χ4n) is 2.34. The molecule has 0 aromatic heterocycles. The van der Waals surface area contributed by atoms with Crippen LogP contribution in [0.25, 0.3) is 0 Å². The van der Waals surface area contributed by atoms with Crippen molar-refractivity contribution in [2.75, 3.05) is 53.0 Å². The second-order valence-corrected chi connectivity index (χ2v) is 5.25. The summed E-state index contributed by atoms with van der Waals surface area (Å²) >= 11 is 0. The molecule has 1 fully saturated rings. The Hall–Kier alpha value is -1.59. The third kappa shape index (κ3) is 4.72. The summed E-state index contributed by atoms with van der Waals surface area (Å²) in [5.74, 6) is 1.34. The molecule has 1 aromatic carbocycles. The van der Waals surface area contributed by atoms with Crippen molar-refractivity contribution in [2.24, 2.45) is 0 Å². The van der Waals surface area contributed by atoms with E-state index in [0.29, 0.717) is 30.3 Å². The Kier molecular flexibility index (Phi) is 6.02. The Balaban J connectivity index is 1.85. The van der Waals surface area contributed by atoms with Crippen LogP contribution >= 0.6 is 0 Å². The Morgan fingerprint density at radius 2 is 1.90 bits per heavy atom. The van der Waals surface area contributed by atoms with Gasteiger partial charge in [0.15, 0.2) is 11.5 Å². The van der Waals surface area contributed by atoms with Crippen LogP contribution in [-0.2, 0) is 0 Å². The number of ether oxygens (including phenoxy) is 2. The lowest BCUT2D eigenvalue weighted by atomic mass is 10.2. The molecule has 0 radical (unpaired) electrons. The highest BCUT2D eigenvalue weighted by atomic mass is 16.5. The van der Waals surface area contributed by atoms with Crippen molar-refractivity contribution in [2.45, 2.75) is 6.92 Å². The van der Waals surface area contributed by atoms with Crippen molar-refractivity contribution in [3.8, 4) is 11.5 Å². The van der Waals surface area contributed by atoms with E-state index in [1.54, 1.807) is 18.2 Å². The molecule has 5 nitrogen and oxygen atoms in total. The van der Waals surface area contributed by atoms with Crippen LogP contribution in [-0.4, -0.2) is 69.1 Å². The minimum Gasteiger partial charge on any atom is -0.490 e. The van der Waals surface area contributed by atoms with Gasteiger partial charge in [0, 0.05) is 38.3 Å². The molecule has 21 heavy (non-hydrogen) atoms. The predicted molar refractivity (Wildman–Crippen MR) is 82.4 cm³/mol. The Labute approximate surface area is 126 Å². The van der Waals surface area contributed by atoms with Gasteiger partial charge in [-0.3, -0.25) is 9.69 Å². The normalized spacial score (nSPS) is 16.7. The molecule has 0 unspecified atom stereocenters. The smallest absolute Gasteiger partial charge is 0.161 e. The Morgan fingerprint density at radius 1 is 1.14 bits per heavy atom. The van der Waals surface area contributed by atoms with Gasteiger partial charge in [-0.25, -0.2) is 0 Å². The first kappa shape index (κ1) is 15.8. The Morgan fingerprint density at radius 3 is 2.57 bits per heavy atom. The number of hydrogen-bond donors (Lipinski definition) is 0. The Bertz CT molecular complexity index is 457. The summed E-state index contributed by atoms with van der Waals surface area (Å²) in [5.41, 5.74) is 0.602. The average Bonchev–Trinajstić information content (AvgIpc) is 2.51. The van der Waals surface area contributed by atoms with E-state index >= 15 is 0 Å². The summed E-state index contributed by atoms with van der Waals surface area (Å²) in [5, 5.41) is 0. The van der Waals surface area contributed by atoms with E-state index in [0.717, 1.165) is 39.0 Å². The zero-order chi connectivity index (χ0) is 15.1. The van der Waals surface area contributed by atoms with Crippen molar-refractivity contribution in [3.63, 3.8) is 0 Å². The second kappa shape index (κ2) is 8.00. The van der Waals surface area contributed by atoms with E-state index in [-0.39, 0.29) is 0 Å². The van der Waals surface area contributed by atoms with Crippen LogP contribution < -0.4 is 9.47 Å². The van der Waals surface area contributed by atoms with Gasteiger partial charge in [-0.05, 0) is 32.2 Å². The molecule has 0 aliphatic carbocycles. The minimum absolute atomic E-state index is 0.553. The molecule has 5 heteroatoms. The van der Waals surface area contributed by atoms with Crippen LogP contribution in [0.2, 0.25) is 0 Å².